The molecule has 0 bridgehead atoms. The lowest BCUT2D eigenvalue weighted by molar-refractivity contribution is 0.173. The summed E-state index contributed by atoms with van der Waals surface area (Å²) in [5.74, 6) is -2.77. The molecule has 0 aromatic heterocycles. The van der Waals surface area contributed by atoms with Crippen molar-refractivity contribution in [2.45, 2.75) is 6.54 Å². The molecule has 6 heteroatoms. The van der Waals surface area contributed by atoms with E-state index in [1.807, 2.05) is 0 Å². The minimum Gasteiger partial charge on any atom is -0.454 e. The van der Waals surface area contributed by atoms with E-state index in [1.54, 1.807) is 18.2 Å². The van der Waals surface area contributed by atoms with Gasteiger partial charge in [0.2, 0.25) is 6.79 Å². The van der Waals surface area contributed by atoms with Crippen molar-refractivity contribution >= 4 is 5.69 Å². The summed E-state index contributed by atoms with van der Waals surface area (Å²) >= 11 is 0. The van der Waals surface area contributed by atoms with Gasteiger partial charge < -0.3 is 14.8 Å². The van der Waals surface area contributed by atoms with E-state index in [2.05, 4.69) is 5.32 Å². The third-order valence-corrected chi connectivity index (χ3v) is 2.98. The Balaban J connectivity index is 1.81. The Morgan fingerprint density at radius 1 is 1.00 bits per heavy atom. The van der Waals surface area contributed by atoms with Gasteiger partial charge in [-0.3, -0.25) is 0 Å². The summed E-state index contributed by atoms with van der Waals surface area (Å²) in [6.07, 6.45) is 0. The maximum absolute atomic E-state index is 13.5. The summed E-state index contributed by atoms with van der Waals surface area (Å²) in [6.45, 7) is 0.334. The molecule has 1 aliphatic heterocycles. The van der Waals surface area contributed by atoms with E-state index in [0.29, 0.717) is 11.5 Å². The lowest BCUT2D eigenvalue weighted by Crippen LogP contribution is -2.05. The first kappa shape index (κ1) is 12.7. The van der Waals surface area contributed by atoms with Crippen molar-refractivity contribution in [1.82, 2.24) is 0 Å². The van der Waals surface area contributed by atoms with Gasteiger partial charge in [0.15, 0.2) is 29.0 Å². The number of benzene rings is 2. The van der Waals surface area contributed by atoms with Crippen LogP contribution in [0.2, 0.25) is 0 Å². The second-order valence-electron chi connectivity index (χ2n) is 4.23. The molecule has 0 fully saturated rings. The summed E-state index contributed by atoms with van der Waals surface area (Å²) in [5.41, 5.74) is 0.629. The number of rotatable bonds is 3. The number of fused-ring (bicyclic) bond motifs is 1. The molecule has 2 aromatic rings. The first-order chi connectivity index (χ1) is 9.66. The standard InChI is InChI=1S/C14H10F3NO2/c15-9-4-5-10(13(17)12(9)16)18-6-8-2-1-3-11-14(8)20-7-19-11/h1-5,18H,6-7H2. The van der Waals surface area contributed by atoms with Gasteiger partial charge in [-0.05, 0) is 18.2 Å². The van der Waals surface area contributed by atoms with Crippen LogP contribution in [0.5, 0.6) is 11.5 Å². The molecule has 3 rings (SSSR count). The van der Waals surface area contributed by atoms with Gasteiger partial charge in [0.05, 0.1) is 5.69 Å². The van der Waals surface area contributed by atoms with Crippen LogP contribution in [0.1, 0.15) is 5.56 Å². The highest BCUT2D eigenvalue weighted by molar-refractivity contribution is 5.51. The summed E-state index contributed by atoms with van der Waals surface area (Å²) < 4.78 is 49.9. The molecule has 0 saturated carbocycles. The van der Waals surface area contributed by atoms with Crippen LogP contribution in [0, 0.1) is 17.5 Å². The molecule has 0 amide bonds. The second kappa shape index (κ2) is 4.96. The normalized spacial score (nSPS) is 12.6. The fraction of sp³-hybridized carbons (Fsp3) is 0.143. The first-order valence-electron chi connectivity index (χ1n) is 5.91. The molecule has 1 aliphatic rings. The molecule has 0 spiro atoms. The third kappa shape index (κ3) is 2.13. The van der Waals surface area contributed by atoms with Crippen LogP contribution in [0.25, 0.3) is 0 Å². The van der Waals surface area contributed by atoms with Gasteiger partial charge in [-0.15, -0.1) is 0 Å². The summed E-state index contributed by atoms with van der Waals surface area (Å²) in [5, 5.41) is 2.71. The van der Waals surface area contributed by atoms with E-state index in [1.165, 1.54) is 0 Å². The number of anilines is 1. The predicted molar refractivity (Wildman–Crippen MR) is 66.2 cm³/mol. The molecule has 1 heterocycles. The van der Waals surface area contributed by atoms with Gasteiger partial charge >= 0.3 is 0 Å². The van der Waals surface area contributed by atoms with E-state index in [9.17, 15) is 13.2 Å². The topological polar surface area (TPSA) is 30.5 Å². The van der Waals surface area contributed by atoms with Crippen LogP contribution in [0.15, 0.2) is 30.3 Å². The zero-order valence-corrected chi connectivity index (χ0v) is 10.3. The summed E-state index contributed by atoms with van der Waals surface area (Å²) in [4.78, 5) is 0. The van der Waals surface area contributed by atoms with Gasteiger partial charge in [0.1, 0.15) is 0 Å². The van der Waals surface area contributed by atoms with Crippen molar-refractivity contribution in [2.75, 3.05) is 12.1 Å². The lowest BCUT2D eigenvalue weighted by Gasteiger charge is -2.10. The van der Waals surface area contributed by atoms with Crippen molar-refractivity contribution in [3.63, 3.8) is 0 Å². The number of halogens is 3. The molecule has 0 aliphatic carbocycles. The van der Waals surface area contributed by atoms with E-state index in [-0.39, 0.29) is 19.0 Å². The third-order valence-electron chi connectivity index (χ3n) is 2.98. The predicted octanol–water partition coefficient (Wildman–Crippen LogP) is 3.44. The fourth-order valence-corrected chi connectivity index (χ4v) is 1.98. The molecular formula is C14H10F3NO2. The maximum atomic E-state index is 13.5. The first-order valence-corrected chi connectivity index (χ1v) is 5.91. The van der Waals surface area contributed by atoms with Gasteiger partial charge in [-0.25, -0.2) is 13.2 Å². The van der Waals surface area contributed by atoms with Crippen molar-refractivity contribution in [2.24, 2.45) is 0 Å². The molecule has 1 N–H and O–H groups in total. The number of para-hydroxylation sites is 1. The van der Waals surface area contributed by atoms with Gasteiger partial charge in [0, 0.05) is 12.1 Å². The highest BCUT2D eigenvalue weighted by atomic mass is 19.2. The average Bonchev–Trinajstić information content (AvgIpc) is 2.93. The lowest BCUT2D eigenvalue weighted by atomic mass is 10.2. The molecule has 0 saturated heterocycles. The number of hydrogen-bond acceptors (Lipinski definition) is 3. The molecule has 104 valence electrons. The van der Waals surface area contributed by atoms with Gasteiger partial charge in [0.25, 0.3) is 0 Å². The molecule has 2 aromatic carbocycles. The van der Waals surface area contributed by atoms with Crippen molar-refractivity contribution in [1.29, 1.82) is 0 Å². The van der Waals surface area contributed by atoms with E-state index in [0.717, 1.165) is 17.7 Å². The molecule has 0 atom stereocenters. The second-order valence-corrected chi connectivity index (χ2v) is 4.23. The maximum Gasteiger partial charge on any atom is 0.231 e. The van der Waals surface area contributed by atoms with Crippen molar-refractivity contribution < 1.29 is 22.6 Å². The monoisotopic (exact) mass is 281 g/mol. The minimum absolute atomic E-state index is 0.111. The van der Waals surface area contributed by atoms with E-state index < -0.39 is 17.5 Å². The molecule has 0 radical (unpaired) electrons. The molecule has 20 heavy (non-hydrogen) atoms. The minimum atomic E-state index is -1.49. The van der Waals surface area contributed by atoms with Crippen LogP contribution < -0.4 is 14.8 Å². The Kier molecular flexibility index (Phi) is 3.14. The summed E-state index contributed by atoms with van der Waals surface area (Å²) in [7, 11) is 0. The van der Waals surface area contributed by atoms with Gasteiger partial charge in [-0.2, -0.15) is 0 Å². The zero-order valence-electron chi connectivity index (χ0n) is 10.3. The van der Waals surface area contributed by atoms with Crippen LogP contribution in [0.4, 0.5) is 18.9 Å². The fourth-order valence-electron chi connectivity index (χ4n) is 1.98. The Labute approximate surface area is 112 Å². The van der Waals surface area contributed by atoms with Crippen LogP contribution in [-0.4, -0.2) is 6.79 Å². The molecule has 3 nitrogen and oxygen atoms in total. The van der Waals surface area contributed by atoms with Crippen LogP contribution in [0.3, 0.4) is 0 Å². The Morgan fingerprint density at radius 2 is 1.85 bits per heavy atom. The molecular weight excluding hydrogens is 271 g/mol. The molecule has 0 unspecified atom stereocenters. The highest BCUT2D eigenvalue weighted by Gasteiger charge is 2.18. The number of hydrogen-bond donors (Lipinski definition) is 1. The largest absolute Gasteiger partial charge is 0.454 e. The van der Waals surface area contributed by atoms with Crippen molar-refractivity contribution in [3.8, 4) is 11.5 Å². The quantitative estimate of drug-likeness (QED) is 0.874. The van der Waals surface area contributed by atoms with E-state index >= 15 is 0 Å². The Bertz CT molecular complexity index is 661. The SMILES string of the molecule is Fc1ccc(NCc2cccc3c2OCO3)c(F)c1F. The highest BCUT2D eigenvalue weighted by Crippen LogP contribution is 2.35. The zero-order chi connectivity index (χ0) is 14.1. The number of ether oxygens (including phenoxy) is 2. The van der Waals surface area contributed by atoms with Gasteiger partial charge in [-0.1, -0.05) is 12.1 Å². The Morgan fingerprint density at radius 3 is 2.70 bits per heavy atom. The number of nitrogens with one attached hydrogen (secondary N) is 1. The average molecular weight is 281 g/mol. The van der Waals surface area contributed by atoms with Crippen LogP contribution in [-0.2, 0) is 6.54 Å². The smallest absolute Gasteiger partial charge is 0.231 e. The Hall–Kier alpha value is -2.37. The van der Waals surface area contributed by atoms with Crippen molar-refractivity contribution in [3.05, 3.63) is 53.3 Å². The van der Waals surface area contributed by atoms with Crippen LogP contribution >= 0.6 is 0 Å². The van der Waals surface area contributed by atoms with E-state index in [4.69, 9.17) is 9.47 Å². The summed E-state index contributed by atoms with van der Waals surface area (Å²) in [6, 6.07) is 7.32.